The molecule has 0 bridgehead atoms. The maximum Gasteiger partial charge on any atom is 0.410 e. The zero-order chi connectivity index (χ0) is 19.4. The standard InChI is InChI=1S/C17H25FN2O5S/c1-17(2,3)25-16(21)20-10-8-14(9-11-20)19-12-24-26(22,23)15-6-4-13(18)5-7-15/h4-7,14,19H,8-12H2,1-3H3. The van der Waals surface area contributed by atoms with E-state index in [0.717, 1.165) is 24.3 Å². The molecule has 1 saturated heterocycles. The Morgan fingerprint density at radius 3 is 2.35 bits per heavy atom. The lowest BCUT2D eigenvalue weighted by Crippen LogP contribution is -2.47. The molecule has 26 heavy (non-hydrogen) atoms. The van der Waals surface area contributed by atoms with Gasteiger partial charge in [-0.25, -0.2) is 9.18 Å². The molecule has 1 fully saturated rings. The van der Waals surface area contributed by atoms with E-state index in [2.05, 4.69) is 5.32 Å². The van der Waals surface area contributed by atoms with Crippen LogP contribution in [0.3, 0.4) is 0 Å². The van der Waals surface area contributed by atoms with Crippen LogP contribution in [0.1, 0.15) is 33.6 Å². The quantitative estimate of drug-likeness (QED) is 0.616. The fourth-order valence-electron chi connectivity index (χ4n) is 2.49. The van der Waals surface area contributed by atoms with Crippen molar-refractivity contribution in [1.29, 1.82) is 0 Å². The van der Waals surface area contributed by atoms with Gasteiger partial charge < -0.3 is 9.64 Å². The van der Waals surface area contributed by atoms with Crippen LogP contribution in [0.2, 0.25) is 0 Å². The minimum absolute atomic E-state index is 0.0390. The molecule has 9 heteroatoms. The number of piperidine rings is 1. The van der Waals surface area contributed by atoms with Crippen LogP contribution >= 0.6 is 0 Å². The van der Waals surface area contributed by atoms with Gasteiger partial charge in [0.1, 0.15) is 18.1 Å². The zero-order valence-electron chi connectivity index (χ0n) is 15.2. The highest BCUT2D eigenvalue weighted by Gasteiger charge is 2.27. The second-order valence-electron chi connectivity index (χ2n) is 7.12. The number of nitrogens with zero attached hydrogens (tertiary/aromatic N) is 1. The molecule has 1 amide bonds. The molecule has 0 atom stereocenters. The number of benzene rings is 1. The van der Waals surface area contributed by atoms with Gasteiger partial charge in [-0.15, -0.1) is 0 Å². The number of hydrogen-bond donors (Lipinski definition) is 1. The Morgan fingerprint density at radius 2 is 1.81 bits per heavy atom. The summed E-state index contributed by atoms with van der Waals surface area (Å²) in [6, 6.07) is 4.48. The number of halogens is 1. The third-order valence-corrected chi connectivity index (χ3v) is 5.11. The van der Waals surface area contributed by atoms with Gasteiger partial charge in [0.25, 0.3) is 10.1 Å². The highest BCUT2D eigenvalue weighted by atomic mass is 32.2. The predicted octanol–water partition coefficient (Wildman–Crippen LogP) is 2.48. The van der Waals surface area contributed by atoms with Crippen LogP contribution in [0.15, 0.2) is 29.2 Å². The van der Waals surface area contributed by atoms with Gasteiger partial charge in [0.05, 0.1) is 4.90 Å². The third-order valence-electron chi connectivity index (χ3n) is 3.84. The molecule has 2 rings (SSSR count). The average molecular weight is 388 g/mol. The van der Waals surface area contributed by atoms with Crippen molar-refractivity contribution >= 4 is 16.2 Å². The molecule has 0 aromatic heterocycles. The van der Waals surface area contributed by atoms with Crippen molar-refractivity contribution in [1.82, 2.24) is 10.2 Å². The molecule has 1 heterocycles. The van der Waals surface area contributed by atoms with Crippen molar-refractivity contribution in [3.05, 3.63) is 30.1 Å². The lowest BCUT2D eigenvalue weighted by Gasteiger charge is -2.33. The van der Waals surface area contributed by atoms with E-state index in [1.54, 1.807) is 4.90 Å². The normalized spacial score (nSPS) is 16.5. The van der Waals surface area contributed by atoms with E-state index in [4.69, 9.17) is 8.92 Å². The van der Waals surface area contributed by atoms with Crippen LogP contribution < -0.4 is 5.32 Å². The van der Waals surface area contributed by atoms with Gasteiger partial charge >= 0.3 is 6.09 Å². The summed E-state index contributed by atoms with van der Waals surface area (Å²) >= 11 is 0. The van der Waals surface area contributed by atoms with Gasteiger partial charge in [-0.2, -0.15) is 8.42 Å². The Bertz CT molecular complexity index is 708. The van der Waals surface area contributed by atoms with Crippen LogP contribution in [0.5, 0.6) is 0 Å². The number of likely N-dealkylation sites (tertiary alicyclic amines) is 1. The number of amides is 1. The molecule has 146 valence electrons. The third kappa shape index (κ3) is 6.22. The molecule has 1 aromatic rings. The van der Waals surface area contributed by atoms with Crippen molar-refractivity contribution in [2.24, 2.45) is 0 Å². The van der Waals surface area contributed by atoms with E-state index in [0.29, 0.717) is 25.9 Å². The monoisotopic (exact) mass is 388 g/mol. The molecule has 0 aliphatic carbocycles. The summed E-state index contributed by atoms with van der Waals surface area (Å²) < 4.78 is 47.1. The first-order valence-electron chi connectivity index (χ1n) is 8.43. The summed E-state index contributed by atoms with van der Waals surface area (Å²) in [5, 5.41) is 3.01. The second kappa shape index (κ2) is 8.32. The summed E-state index contributed by atoms with van der Waals surface area (Å²) in [6.45, 7) is 6.32. The molecule has 1 N–H and O–H groups in total. The largest absolute Gasteiger partial charge is 0.444 e. The highest BCUT2D eigenvalue weighted by Crippen LogP contribution is 2.16. The molecular formula is C17H25FN2O5S. The molecule has 0 spiro atoms. The smallest absolute Gasteiger partial charge is 0.410 e. The number of carbonyl (C=O) groups is 1. The lowest BCUT2D eigenvalue weighted by atomic mass is 10.1. The SMILES string of the molecule is CC(C)(C)OC(=O)N1CCC(NCOS(=O)(=O)c2ccc(F)cc2)CC1. The van der Waals surface area contributed by atoms with Gasteiger partial charge in [0, 0.05) is 19.1 Å². The Kier molecular flexibility index (Phi) is 6.59. The fraction of sp³-hybridized carbons (Fsp3) is 0.588. The molecule has 7 nitrogen and oxygen atoms in total. The number of ether oxygens (including phenoxy) is 1. The van der Waals surface area contributed by atoms with Crippen molar-refractivity contribution in [3.8, 4) is 0 Å². The Labute approximate surface area is 153 Å². The molecular weight excluding hydrogens is 363 g/mol. The van der Waals surface area contributed by atoms with E-state index in [1.165, 1.54) is 0 Å². The molecule has 0 saturated carbocycles. The van der Waals surface area contributed by atoms with Crippen molar-refractivity contribution < 1.29 is 26.5 Å². The summed E-state index contributed by atoms with van der Waals surface area (Å²) in [7, 11) is -3.94. The molecule has 1 aliphatic rings. The summed E-state index contributed by atoms with van der Waals surface area (Å²) in [6.07, 6.45) is 0.990. The van der Waals surface area contributed by atoms with Crippen molar-refractivity contribution in [2.45, 2.75) is 50.2 Å². The topological polar surface area (TPSA) is 84.9 Å². The molecule has 1 aliphatic heterocycles. The first-order chi connectivity index (χ1) is 12.1. The number of nitrogens with one attached hydrogen (secondary N) is 1. The molecule has 0 radical (unpaired) electrons. The van der Waals surface area contributed by atoms with Gasteiger partial charge in [0.2, 0.25) is 0 Å². The molecule has 1 aromatic carbocycles. The maximum atomic E-state index is 12.9. The second-order valence-corrected chi connectivity index (χ2v) is 8.73. The average Bonchev–Trinajstić information content (AvgIpc) is 2.54. The minimum atomic E-state index is -3.94. The Morgan fingerprint density at radius 1 is 1.23 bits per heavy atom. The lowest BCUT2D eigenvalue weighted by molar-refractivity contribution is 0.0194. The summed E-state index contributed by atoms with van der Waals surface area (Å²) in [5.74, 6) is -0.515. The van der Waals surface area contributed by atoms with Crippen molar-refractivity contribution in [2.75, 3.05) is 19.8 Å². The van der Waals surface area contributed by atoms with Crippen LogP contribution in [0, 0.1) is 5.82 Å². The number of rotatable bonds is 5. The van der Waals surface area contributed by atoms with Gasteiger partial charge in [0.15, 0.2) is 0 Å². The van der Waals surface area contributed by atoms with Gasteiger partial charge in [-0.3, -0.25) is 9.50 Å². The Hall–Kier alpha value is -1.71. The van der Waals surface area contributed by atoms with E-state index in [9.17, 15) is 17.6 Å². The van der Waals surface area contributed by atoms with Crippen LogP contribution in [-0.2, 0) is 19.0 Å². The highest BCUT2D eigenvalue weighted by molar-refractivity contribution is 7.86. The van der Waals surface area contributed by atoms with Gasteiger partial charge in [-0.05, 0) is 57.9 Å². The van der Waals surface area contributed by atoms with E-state index in [-0.39, 0.29) is 23.8 Å². The summed E-state index contributed by atoms with van der Waals surface area (Å²) in [4.78, 5) is 13.5. The van der Waals surface area contributed by atoms with Crippen molar-refractivity contribution in [3.63, 3.8) is 0 Å². The van der Waals surface area contributed by atoms with Gasteiger partial charge in [-0.1, -0.05) is 0 Å². The number of hydrogen-bond acceptors (Lipinski definition) is 6. The van der Waals surface area contributed by atoms with E-state index in [1.807, 2.05) is 20.8 Å². The van der Waals surface area contributed by atoms with E-state index >= 15 is 0 Å². The predicted molar refractivity (Wildman–Crippen MR) is 93.5 cm³/mol. The first-order valence-corrected chi connectivity index (χ1v) is 9.84. The minimum Gasteiger partial charge on any atom is -0.444 e. The van der Waals surface area contributed by atoms with Crippen LogP contribution in [0.25, 0.3) is 0 Å². The molecule has 0 unspecified atom stereocenters. The van der Waals surface area contributed by atoms with E-state index < -0.39 is 21.5 Å². The van der Waals surface area contributed by atoms with Crippen LogP contribution in [0.4, 0.5) is 9.18 Å². The van der Waals surface area contributed by atoms with Crippen LogP contribution in [-0.4, -0.2) is 50.9 Å². The first kappa shape index (κ1) is 20.6. The number of carbonyl (C=O) groups excluding carboxylic acids is 1. The summed E-state index contributed by atoms with van der Waals surface area (Å²) in [5.41, 5.74) is -0.533. The Balaban J connectivity index is 1.75. The fourth-order valence-corrected chi connectivity index (χ4v) is 3.32. The maximum absolute atomic E-state index is 12.9. The zero-order valence-corrected chi connectivity index (χ0v) is 16.0.